The Morgan fingerprint density at radius 2 is 2.46 bits per heavy atom. The van der Waals surface area contributed by atoms with Gasteiger partial charge in [0, 0.05) is 25.1 Å². The van der Waals surface area contributed by atoms with Crippen molar-refractivity contribution in [2.45, 2.75) is 31.7 Å². The van der Waals surface area contributed by atoms with E-state index in [-0.39, 0.29) is 11.4 Å². The molecule has 0 bridgehead atoms. The van der Waals surface area contributed by atoms with Crippen LogP contribution in [0.2, 0.25) is 0 Å². The smallest absolute Gasteiger partial charge is 0.218 e. The highest BCUT2D eigenvalue weighted by Crippen LogP contribution is 2.17. The van der Waals surface area contributed by atoms with Gasteiger partial charge in [0.1, 0.15) is 0 Å². The first-order valence-corrected chi connectivity index (χ1v) is 4.73. The standard InChI is InChI=1S/C9H18N2O2/c1-9(4-2-6-13-7-9)11-5-3-8(10)12/h11H,2-7H2,1H3,(H2,10,12). The summed E-state index contributed by atoms with van der Waals surface area (Å²) in [7, 11) is 0. The fourth-order valence-electron chi connectivity index (χ4n) is 1.56. The number of hydrogen-bond donors (Lipinski definition) is 2. The van der Waals surface area contributed by atoms with Crippen LogP contribution in [-0.2, 0) is 9.53 Å². The van der Waals surface area contributed by atoms with Crippen LogP contribution in [0.1, 0.15) is 26.2 Å². The number of amides is 1. The summed E-state index contributed by atoms with van der Waals surface area (Å²) in [4.78, 5) is 10.5. The van der Waals surface area contributed by atoms with E-state index in [4.69, 9.17) is 10.5 Å². The van der Waals surface area contributed by atoms with Crippen LogP contribution in [0.4, 0.5) is 0 Å². The average Bonchev–Trinajstić information content (AvgIpc) is 2.04. The largest absolute Gasteiger partial charge is 0.380 e. The molecule has 1 aliphatic rings. The van der Waals surface area contributed by atoms with Crippen molar-refractivity contribution in [1.29, 1.82) is 0 Å². The fraction of sp³-hybridized carbons (Fsp3) is 0.889. The number of hydrogen-bond acceptors (Lipinski definition) is 3. The Bertz CT molecular complexity index is 176. The molecular weight excluding hydrogens is 168 g/mol. The highest BCUT2D eigenvalue weighted by molar-refractivity contribution is 5.73. The Hall–Kier alpha value is -0.610. The number of nitrogens with two attached hydrogens (primary N) is 1. The van der Waals surface area contributed by atoms with E-state index in [0.29, 0.717) is 13.0 Å². The molecular formula is C9H18N2O2. The van der Waals surface area contributed by atoms with Crippen molar-refractivity contribution in [3.8, 4) is 0 Å². The normalized spacial score (nSPS) is 28.7. The third-order valence-corrected chi connectivity index (χ3v) is 2.36. The zero-order valence-electron chi connectivity index (χ0n) is 8.14. The fourth-order valence-corrected chi connectivity index (χ4v) is 1.56. The SMILES string of the molecule is CC1(NCCC(N)=O)CCCOC1. The summed E-state index contributed by atoms with van der Waals surface area (Å²) in [6.07, 6.45) is 2.58. The number of ether oxygens (including phenoxy) is 1. The lowest BCUT2D eigenvalue weighted by Gasteiger charge is -2.34. The van der Waals surface area contributed by atoms with Crippen molar-refractivity contribution in [2.75, 3.05) is 19.8 Å². The minimum absolute atomic E-state index is 0.0354. The maximum atomic E-state index is 10.5. The molecule has 0 saturated carbocycles. The summed E-state index contributed by atoms with van der Waals surface area (Å²) in [6.45, 7) is 4.35. The van der Waals surface area contributed by atoms with E-state index in [2.05, 4.69) is 12.2 Å². The van der Waals surface area contributed by atoms with E-state index in [1.54, 1.807) is 0 Å². The second-order valence-electron chi connectivity index (χ2n) is 3.86. The predicted octanol–water partition coefficient (Wildman–Crippen LogP) is 0.0205. The summed E-state index contributed by atoms with van der Waals surface area (Å²) in [5.41, 5.74) is 5.08. The second kappa shape index (κ2) is 4.58. The number of nitrogens with one attached hydrogen (secondary N) is 1. The van der Waals surface area contributed by atoms with Crippen molar-refractivity contribution in [2.24, 2.45) is 5.73 Å². The van der Waals surface area contributed by atoms with Crippen molar-refractivity contribution in [3.05, 3.63) is 0 Å². The van der Waals surface area contributed by atoms with Crippen LogP contribution in [0.15, 0.2) is 0 Å². The molecule has 4 heteroatoms. The number of primary amides is 1. The molecule has 1 aliphatic heterocycles. The molecule has 1 unspecified atom stereocenters. The molecule has 1 atom stereocenters. The second-order valence-corrected chi connectivity index (χ2v) is 3.86. The van der Waals surface area contributed by atoms with E-state index in [1.165, 1.54) is 0 Å². The molecule has 1 heterocycles. The predicted molar refractivity (Wildman–Crippen MR) is 50.3 cm³/mol. The van der Waals surface area contributed by atoms with Crippen LogP contribution in [0.25, 0.3) is 0 Å². The maximum absolute atomic E-state index is 10.5. The van der Waals surface area contributed by atoms with Gasteiger partial charge in [-0.1, -0.05) is 0 Å². The van der Waals surface area contributed by atoms with Crippen LogP contribution >= 0.6 is 0 Å². The maximum Gasteiger partial charge on any atom is 0.218 e. The molecule has 0 radical (unpaired) electrons. The zero-order chi connectivity index (χ0) is 9.73. The molecule has 0 aromatic rings. The summed E-state index contributed by atoms with van der Waals surface area (Å²) >= 11 is 0. The Kier molecular flexibility index (Phi) is 3.69. The van der Waals surface area contributed by atoms with Gasteiger partial charge in [0.2, 0.25) is 5.91 Å². The van der Waals surface area contributed by atoms with Crippen LogP contribution in [-0.4, -0.2) is 31.2 Å². The molecule has 3 N–H and O–H groups in total. The van der Waals surface area contributed by atoms with Crippen LogP contribution in [0.5, 0.6) is 0 Å². The average molecular weight is 186 g/mol. The van der Waals surface area contributed by atoms with E-state index in [9.17, 15) is 4.79 Å². The van der Waals surface area contributed by atoms with Gasteiger partial charge in [-0.3, -0.25) is 4.79 Å². The van der Waals surface area contributed by atoms with E-state index < -0.39 is 0 Å². The van der Waals surface area contributed by atoms with E-state index in [1.807, 2.05) is 0 Å². The monoisotopic (exact) mass is 186 g/mol. The third kappa shape index (κ3) is 3.74. The zero-order valence-corrected chi connectivity index (χ0v) is 8.14. The molecule has 13 heavy (non-hydrogen) atoms. The van der Waals surface area contributed by atoms with Gasteiger partial charge < -0.3 is 15.8 Å². The van der Waals surface area contributed by atoms with Gasteiger partial charge in [-0.2, -0.15) is 0 Å². The molecule has 1 fully saturated rings. The first-order valence-electron chi connectivity index (χ1n) is 4.73. The Labute approximate surface area is 78.8 Å². The van der Waals surface area contributed by atoms with Crippen molar-refractivity contribution < 1.29 is 9.53 Å². The molecule has 0 aliphatic carbocycles. The third-order valence-electron chi connectivity index (χ3n) is 2.36. The molecule has 0 aromatic heterocycles. The Morgan fingerprint density at radius 3 is 3.00 bits per heavy atom. The van der Waals surface area contributed by atoms with Gasteiger partial charge in [-0.15, -0.1) is 0 Å². The molecule has 4 nitrogen and oxygen atoms in total. The van der Waals surface area contributed by atoms with Gasteiger partial charge in [0.25, 0.3) is 0 Å². The van der Waals surface area contributed by atoms with E-state index in [0.717, 1.165) is 26.1 Å². The lowest BCUT2D eigenvalue weighted by Crippen LogP contribution is -2.49. The van der Waals surface area contributed by atoms with E-state index >= 15 is 0 Å². The lowest BCUT2D eigenvalue weighted by molar-refractivity contribution is -0.118. The molecule has 1 amide bonds. The topological polar surface area (TPSA) is 64.3 Å². The van der Waals surface area contributed by atoms with Crippen LogP contribution < -0.4 is 11.1 Å². The van der Waals surface area contributed by atoms with Crippen molar-refractivity contribution >= 4 is 5.91 Å². The van der Waals surface area contributed by atoms with Crippen molar-refractivity contribution in [3.63, 3.8) is 0 Å². The number of rotatable bonds is 4. The number of carbonyl (C=O) groups excluding carboxylic acids is 1. The first kappa shape index (κ1) is 10.5. The molecule has 0 aromatic carbocycles. The van der Waals surface area contributed by atoms with Crippen LogP contribution in [0.3, 0.4) is 0 Å². The Balaban J connectivity index is 2.21. The summed E-state index contributed by atoms with van der Waals surface area (Å²) < 4.78 is 5.36. The van der Waals surface area contributed by atoms with Gasteiger partial charge in [0.05, 0.1) is 6.61 Å². The van der Waals surface area contributed by atoms with Gasteiger partial charge in [0.15, 0.2) is 0 Å². The van der Waals surface area contributed by atoms with Gasteiger partial charge in [-0.25, -0.2) is 0 Å². The summed E-state index contributed by atoms with van der Waals surface area (Å²) in [5.74, 6) is -0.257. The Morgan fingerprint density at radius 1 is 1.69 bits per heavy atom. The quantitative estimate of drug-likeness (QED) is 0.650. The van der Waals surface area contributed by atoms with Gasteiger partial charge >= 0.3 is 0 Å². The molecule has 1 saturated heterocycles. The van der Waals surface area contributed by atoms with Crippen molar-refractivity contribution in [1.82, 2.24) is 5.32 Å². The van der Waals surface area contributed by atoms with Crippen LogP contribution in [0, 0.1) is 0 Å². The minimum Gasteiger partial charge on any atom is -0.380 e. The highest BCUT2D eigenvalue weighted by atomic mass is 16.5. The first-order chi connectivity index (χ1) is 6.12. The summed E-state index contributed by atoms with van der Waals surface area (Å²) in [6, 6.07) is 0. The molecule has 76 valence electrons. The summed E-state index contributed by atoms with van der Waals surface area (Å²) in [5, 5.41) is 3.30. The number of carbonyl (C=O) groups is 1. The minimum atomic E-state index is -0.257. The molecule has 0 spiro atoms. The lowest BCUT2D eigenvalue weighted by atomic mass is 9.95. The molecule has 1 rings (SSSR count). The highest BCUT2D eigenvalue weighted by Gasteiger charge is 2.26. The van der Waals surface area contributed by atoms with Gasteiger partial charge in [-0.05, 0) is 19.8 Å².